The zero-order valence-electron chi connectivity index (χ0n) is 21.9. The molecule has 0 saturated heterocycles. The van der Waals surface area contributed by atoms with Crippen LogP contribution in [0.1, 0.15) is 44.6 Å². The van der Waals surface area contributed by atoms with Crippen LogP contribution < -0.4 is 20.2 Å². The van der Waals surface area contributed by atoms with Crippen LogP contribution >= 0.6 is 0 Å². The van der Waals surface area contributed by atoms with Gasteiger partial charge in [-0.3, -0.25) is 9.59 Å². The van der Waals surface area contributed by atoms with Gasteiger partial charge in [-0.2, -0.15) is 13.2 Å². The van der Waals surface area contributed by atoms with E-state index in [-0.39, 0.29) is 27.9 Å². The standard InChI is InChI=1S/C30H28F3NO5/c1-5-18-8-6-7-9-23(18)34-25(35)17-37-21-14-15-22-24(16-21)39-28(30(31,32)33)27(26(22)36)38-20-12-10-19(11-13-20)29(2,3)4/h6-16H,5,17H2,1-4H3,(H,34,35). The largest absolute Gasteiger partial charge is 0.484 e. The molecule has 0 spiro atoms. The molecular formula is C30H28F3NO5. The van der Waals surface area contributed by atoms with E-state index < -0.39 is 35.6 Å². The van der Waals surface area contributed by atoms with Gasteiger partial charge in [-0.1, -0.05) is 58.0 Å². The average Bonchev–Trinajstić information content (AvgIpc) is 2.88. The molecule has 0 saturated carbocycles. The molecular weight excluding hydrogens is 511 g/mol. The molecule has 0 unspecified atom stereocenters. The Bertz CT molecular complexity index is 1550. The van der Waals surface area contributed by atoms with E-state index in [2.05, 4.69) is 5.32 Å². The third-order valence-corrected chi connectivity index (χ3v) is 6.06. The van der Waals surface area contributed by atoms with Crippen molar-refractivity contribution in [3.63, 3.8) is 0 Å². The summed E-state index contributed by atoms with van der Waals surface area (Å²) in [5, 5.41) is 2.62. The van der Waals surface area contributed by atoms with Crippen molar-refractivity contribution in [1.82, 2.24) is 0 Å². The van der Waals surface area contributed by atoms with Gasteiger partial charge in [-0.25, -0.2) is 0 Å². The molecule has 1 aromatic heterocycles. The molecule has 9 heteroatoms. The van der Waals surface area contributed by atoms with E-state index in [0.29, 0.717) is 5.69 Å². The summed E-state index contributed by atoms with van der Waals surface area (Å²) in [6.45, 7) is 7.56. The van der Waals surface area contributed by atoms with Gasteiger partial charge in [0.05, 0.1) is 5.39 Å². The van der Waals surface area contributed by atoms with E-state index >= 15 is 0 Å². The van der Waals surface area contributed by atoms with Crippen molar-refractivity contribution in [2.45, 2.75) is 45.7 Å². The Morgan fingerprint density at radius 2 is 1.62 bits per heavy atom. The van der Waals surface area contributed by atoms with Crippen LogP contribution in [0, 0.1) is 0 Å². The Kier molecular flexibility index (Phi) is 7.72. The highest BCUT2D eigenvalue weighted by Gasteiger charge is 2.40. The Morgan fingerprint density at radius 1 is 0.949 bits per heavy atom. The van der Waals surface area contributed by atoms with Crippen LogP contribution in [0.4, 0.5) is 18.9 Å². The molecule has 0 aliphatic carbocycles. The number of hydrogen-bond donors (Lipinski definition) is 1. The molecule has 0 atom stereocenters. The Hall–Kier alpha value is -4.27. The number of para-hydroxylation sites is 1. The molecule has 3 aromatic carbocycles. The van der Waals surface area contributed by atoms with Crippen molar-refractivity contribution in [3.05, 3.63) is 93.8 Å². The first-order valence-electron chi connectivity index (χ1n) is 12.3. The molecule has 1 N–H and O–H groups in total. The average molecular weight is 540 g/mol. The van der Waals surface area contributed by atoms with E-state index in [4.69, 9.17) is 13.9 Å². The summed E-state index contributed by atoms with van der Waals surface area (Å²) >= 11 is 0. The summed E-state index contributed by atoms with van der Waals surface area (Å²) in [5.74, 6) is -2.85. The molecule has 0 radical (unpaired) electrons. The molecule has 39 heavy (non-hydrogen) atoms. The maximum absolute atomic E-state index is 13.9. The number of carbonyl (C=O) groups excluding carboxylic acids is 1. The second-order valence-electron chi connectivity index (χ2n) is 9.97. The van der Waals surface area contributed by atoms with Crippen LogP contribution in [0.15, 0.2) is 75.9 Å². The number of hydrogen-bond acceptors (Lipinski definition) is 5. The summed E-state index contributed by atoms with van der Waals surface area (Å²) in [4.78, 5) is 25.5. The van der Waals surface area contributed by atoms with Crippen molar-refractivity contribution >= 4 is 22.6 Å². The van der Waals surface area contributed by atoms with Gasteiger partial charge in [-0.15, -0.1) is 0 Å². The zero-order valence-corrected chi connectivity index (χ0v) is 21.9. The summed E-state index contributed by atoms with van der Waals surface area (Å²) in [6, 6.07) is 17.6. The van der Waals surface area contributed by atoms with Crippen molar-refractivity contribution in [2.75, 3.05) is 11.9 Å². The lowest BCUT2D eigenvalue weighted by Crippen LogP contribution is -2.21. The first-order chi connectivity index (χ1) is 18.4. The quantitative estimate of drug-likeness (QED) is 0.263. The maximum atomic E-state index is 13.9. The number of aryl methyl sites for hydroxylation is 1. The SMILES string of the molecule is CCc1ccccc1NC(=O)COc1ccc2c(=O)c(Oc3ccc(C(C)(C)C)cc3)c(C(F)(F)F)oc2c1. The first kappa shape index (κ1) is 27.8. The Balaban J connectivity index is 1.59. The fourth-order valence-electron chi connectivity index (χ4n) is 3.95. The fraction of sp³-hybridized carbons (Fsp3) is 0.267. The van der Waals surface area contributed by atoms with Gasteiger partial charge < -0.3 is 19.2 Å². The van der Waals surface area contributed by atoms with Crippen molar-refractivity contribution in [2.24, 2.45) is 0 Å². The lowest BCUT2D eigenvalue weighted by atomic mass is 9.87. The lowest BCUT2D eigenvalue weighted by Gasteiger charge is -2.19. The van der Waals surface area contributed by atoms with Gasteiger partial charge in [0, 0.05) is 11.8 Å². The smallest absolute Gasteiger partial charge is 0.453 e. The van der Waals surface area contributed by atoms with Crippen molar-refractivity contribution in [1.29, 1.82) is 0 Å². The second-order valence-corrected chi connectivity index (χ2v) is 9.97. The van der Waals surface area contributed by atoms with E-state index in [1.807, 2.05) is 39.8 Å². The number of rotatable bonds is 7. The van der Waals surface area contributed by atoms with Gasteiger partial charge >= 0.3 is 6.18 Å². The lowest BCUT2D eigenvalue weighted by molar-refractivity contribution is -0.154. The van der Waals surface area contributed by atoms with Crippen LogP contribution in [-0.2, 0) is 22.8 Å². The number of ether oxygens (including phenoxy) is 2. The normalized spacial score (nSPS) is 11.9. The number of fused-ring (bicyclic) bond motifs is 1. The Morgan fingerprint density at radius 3 is 2.26 bits per heavy atom. The minimum atomic E-state index is -5.00. The van der Waals surface area contributed by atoms with E-state index in [9.17, 15) is 22.8 Å². The molecule has 4 rings (SSSR count). The van der Waals surface area contributed by atoms with Gasteiger partial charge in [0.25, 0.3) is 11.7 Å². The van der Waals surface area contributed by atoms with E-state index in [1.165, 1.54) is 24.3 Å². The molecule has 0 fully saturated rings. The molecule has 0 bridgehead atoms. The Labute approximate surface area is 223 Å². The maximum Gasteiger partial charge on any atom is 0.453 e. The van der Waals surface area contributed by atoms with Crippen LogP contribution in [0.3, 0.4) is 0 Å². The van der Waals surface area contributed by atoms with Crippen molar-refractivity contribution in [3.8, 4) is 17.2 Å². The number of alkyl halides is 3. The van der Waals surface area contributed by atoms with E-state index in [1.54, 1.807) is 24.3 Å². The number of halogens is 3. The number of amides is 1. The predicted molar refractivity (Wildman–Crippen MR) is 143 cm³/mol. The highest BCUT2D eigenvalue weighted by atomic mass is 19.4. The molecule has 0 aliphatic rings. The molecule has 6 nitrogen and oxygen atoms in total. The van der Waals surface area contributed by atoms with Crippen LogP contribution in [-0.4, -0.2) is 12.5 Å². The first-order valence-corrected chi connectivity index (χ1v) is 12.3. The summed E-state index contributed by atoms with van der Waals surface area (Å²) in [7, 11) is 0. The number of carbonyl (C=O) groups is 1. The summed E-state index contributed by atoms with van der Waals surface area (Å²) in [5.41, 5.74) is 1.04. The molecule has 4 aromatic rings. The molecule has 1 amide bonds. The summed E-state index contributed by atoms with van der Waals surface area (Å²) < 4.78 is 57.7. The number of benzene rings is 3. The molecule has 0 aliphatic heterocycles. The van der Waals surface area contributed by atoms with Crippen LogP contribution in [0.5, 0.6) is 17.2 Å². The fourth-order valence-corrected chi connectivity index (χ4v) is 3.95. The van der Waals surface area contributed by atoms with Gasteiger partial charge in [0.2, 0.25) is 11.2 Å². The minimum Gasteiger partial charge on any atom is -0.484 e. The van der Waals surface area contributed by atoms with Crippen molar-refractivity contribution < 1.29 is 31.9 Å². The third kappa shape index (κ3) is 6.42. The third-order valence-electron chi connectivity index (χ3n) is 6.06. The number of nitrogens with one attached hydrogen (secondary N) is 1. The topological polar surface area (TPSA) is 77.8 Å². The van der Waals surface area contributed by atoms with Crippen LogP contribution in [0.2, 0.25) is 0 Å². The highest BCUT2D eigenvalue weighted by Crippen LogP contribution is 2.39. The van der Waals surface area contributed by atoms with E-state index in [0.717, 1.165) is 23.6 Å². The second kappa shape index (κ2) is 10.8. The zero-order chi connectivity index (χ0) is 28.4. The molecule has 1 heterocycles. The number of anilines is 1. The van der Waals surface area contributed by atoms with Gasteiger partial charge in [0.1, 0.15) is 17.1 Å². The van der Waals surface area contributed by atoms with Crippen LogP contribution in [0.25, 0.3) is 11.0 Å². The highest BCUT2D eigenvalue weighted by molar-refractivity contribution is 5.92. The molecule has 204 valence electrons. The monoisotopic (exact) mass is 539 g/mol. The summed E-state index contributed by atoms with van der Waals surface area (Å²) in [6.07, 6.45) is -4.28. The predicted octanol–water partition coefficient (Wildman–Crippen LogP) is 7.48. The van der Waals surface area contributed by atoms with Gasteiger partial charge in [-0.05, 0) is 53.3 Å². The minimum absolute atomic E-state index is 0.0594. The van der Waals surface area contributed by atoms with Gasteiger partial charge in [0.15, 0.2) is 6.61 Å².